The minimum atomic E-state index is -0.331. The third-order valence-corrected chi connectivity index (χ3v) is 3.72. The molecule has 0 aliphatic carbocycles. The molecule has 1 aliphatic rings. The summed E-state index contributed by atoms with van der Waals surface area (Å²) in [7, 11) is 1.48. The van der Waals surface area contributed by atoms with E-state index in [0.29, 0.717) is 18.0 Å². The molecule has 3 rings (SSSR count). The van der Waals surface area contributed by atoms with E-state index in [1.165, 1.54) is 23.9 Å². The predicted molar refractivity (Wildman–Crippen MR) is 81.4 cm³/mol. The highest BCUT2D eigenvalue weighted by Gasteiger charge is 2.21. The van der Waals surface area contributed by atoms with Crippen LogP contribution in [0.15, 0.2) is 30.5 Å². The van der Waals surface area contributed by atoms with Crippen molar-refractivity contribution in [2.24, 2.45) is 0 Å². The summed E-state index contributed by atoms with van der Waals surface area (Å²) in [4.78, 5) is 12.3. The number of hydrogen-bond acceptors (Lipinski definition) is 4. The number of aromatic nitrogens is 2. The highest BCUT2D eigenvalue weighted by atomic mass is 19.1. The Morgan fingerprint density at radius 2 is 2.26 bits per heavy atom. The molecule has 0 unspecified atom stereocenters. The number of benzene rings is 1. The molecule has 2 aromatic rings. The SMILES string of the molecule is COc1cn(-c2ccc(F)cc2)nc1C(=O)NC[C@H]1CCCO1. The summed E-state index contributed by atoms with van der Waals surface area (Å²) in [6, 6.07) is 5.83. The first-order chi connectivity index (χ1) is 11.2. The summed E-state index contributed by atoms with van der Waals surface area (Å²) in [6.45, 7) is 1.19. The monoisotopic (exact) mass is 319 g/mol. The molecule has 1 aliphatic heterocycles. The van der Waals surface area contributed by atoms with E-state index in [0.717, 1.165) is 19.4 Å². The normalized spacial score (nSPS) is 17.2. The molecule has 2 heterocycles. The number of nitrogens with one attached hydrogen (secondary N) is 1. The maximum atomic E-state index is 13.0. The number of halogens is 1. The van der Waals surface area contributed by atoms with Crippen LogP contribution in [0.5, 0.6) is 5.75 Å². The fourth-order valence-corrected chi connectivity index (χ4v) is 2.49. The van der Waals surface area contributed by atoms with Crippen molar-refractivity contribution >= 4 is 5.91 Å². The lowest BCUT2D eigenvalue weighted by Crippen LogP contribution is -2.32. The van der Waals surface area contributed by atoms with Crippen LogP contribution in [0.4, 0.5) is 4.39 Å². The zero-order valence-corrected chi connectivity index (χ0v) is 12.8. The lowest BCUT2D eigenvalue weighted by atomic mass is 10.2. The topological polar surface area (TPSA) is 65.4 Å². The summed E-state index contributed by atoms with van der Waals surface area (Å²) in [5.74, 6) is -0.292. The van der Waals surface area contributed by atoms with E-state index in [4.69, 9.17) is 9.47 Å². The van der Waals surface area contributed by atoms with Gasteiger partial charge in [-0.1, -0.05) is 0 Å². The van der Waals surface area contributed by atoms with Gasteiger partial charge in [-0.3, -0.25) is 4.79 Å². The molecule has 0 bridgehead atoms. The van der Waals surface area contributed by atoms with Crippen LogP contribution in [-0.2, 0) is 4.74 Å². The first kappa shape index (κ1) is 15.5. The van der Waals surface area contributed by atoms with Gasteiger partial charge in [-0.25, -0.2) is 9.07 Å². The zero-order valence-electron chi connectivity index (χ0n) is 12.8. The number of carbonyl (C=O) groups is 1. The van der Waals surface area contributed by atoms with Crippen LogP contribution in [0.2, 0.25) is 0 Å². The molecule has 1 atom stereocenters. The molecule has 1 aromatic carbocycles. The predicted octanol–water partition coefficient (Wildman–Crippen LogP) is 1.93. The standard InChI is InChI=1S/C16H18FN3O3/c1-22-14-10-20(12-6-4-11(17)5-7-12)19-15(14)16(21)18-9-13-3-2-8-23-13/h4-7,10,13H,2-3,8-9H2,1H3,(H,18,21)/t13-/m1/s1. The molecule has 0 saturated carbocycles. The first-order valence-electron chi connectivity index (χ1n) is 7.47. The molecular formula is C16H18FN3O3. The van der Waals surface area contributed by atoms with E-state index in [1.807, 2.05) is 0 Å². The van der Waals surface area contributed by atoms with E-state index in [1.54, 1.807) is 18.3 Å². The van der Waals surface area contributed by atoms with Gasteiger partial charge in [0.25, 0.3) is 5.91 Å². The third kappa shape index (κ3) is 3.50. The van der Waals surface area contributed by atoms with Gasteiger partial charge in [0.1, 0.15) is 5.82 Å². The van der Waals surface area contributed by atoms with Crippen LogP contribution in [0.1, 0.15) is 23.3 Å². The summed E-state index contributed by atoms with van der Waals surface area (Å²) >= 11 is 0. The van der Waals surface area contributed by atoms with Crippen molar-refractivity contribution in [3.05, 3.63) is 42.0 Å². The molecule has 0 radical (unpaired) electrons. The molecule has 0 spiro atoms. The van der Waals surface area contributed by atoms with Crippen molar-refractivity contribution in [3.8, 4) is 11.4 Å². The second-order valence-electron chi connectivity index (χ2n) is 5.31. The maximum absolute atomic E-state index is 13.0. The zero-order chi connectivity index (χ0) is 16.2. The van der Waals surface area contributed by atoms with Crippen molar-refractivity contribution in [2.75, 3.05) is 20.3 Å². The molecular weight excluding hydrogens is 301 g/mol. The van der Waals surface area contributed by atoms with Gasteiger partial charge < -0.3 is 14.8 Å². The molecule has 1 saturated heterocycles. The number of methoxy groups -OCH3 is 1. The number of ether oxygens (including phenoxy) is 2. The third-order valence-electron chi connectivity index (χ3n) is 3.72. The highest BCUT2D eigenvalue weighted by Crippen LogP contribution is 2.20. The lowest BCUT2D eigenvalue weighted by Gasteiger charge is -2.10. The van der Waals surface area contributed by atoms with Gasteiger partial charge in [0.05, 0.1) is 25.1 Å². The Kier molecular flexibility index (Phi) is 4.57. The Hall–Kier alpha value is -2.41. The maximum Gasteiger partial charge on any atom is 0.275 e. The van der Waals surface area contributed by atoms with Gasteiger partial charge in [-0.15, -0.1) is 0 Å². The molecule has 1 N–H and O–H groups in total. The molecule has 1 aromatic heterocycles. The van der Waals surface area contributed by atoms with Gasteiger partial charge in [0, 0.05) is 13.2 Å². The van der Waals surface area contributed by atoms with Crippen LogP contribution in [0, 0.1) is 5.82 Å². The van der Waals surface area contributed by atoms with Crippen LogP contribution >= 0.6 is 0 Å². The van der Waals surface area contributed by atoms with Crippen molar-refractivity contribution < 1.29 is 18.7 Å². The van der Waals surface area contributed by atoms with Gasteiger partial charge in [0.2, 0.25) is 0 Å². The van der Waals surface area contributed by atoms with E-state index >= 15 is 0 Å². The molecule has 23 heavy (non-hydrogen) atoms. The Balaban J connectivity index is 1.75. The number of hydrogen-bond donors (Lipinski definition) is 1. The van der Waals surface area contributed by atoms with E-state index in [-0.39, 0.29) is 23.5 Å². The lowest BCUT2D eigenvalue weighted by molar-refractivity contribution is 0.0851. The van der Waals surface area contributed by atoms with Crippen molar-refractivity contribution in [2.45, 2.75) is 18.9 Å². The van der Waals surface area contributed by atoms with E-state index < -0.39 is 0 Å². The number of rotatable bonds is 5. The van der Waals surface area contributed by atoms with Crippen LogP contribution in [0.3, 0.4) is 0 Å². The second-order valence-corrected chi connectivity index (χ2v) is 5.31. The number of nitrogens with zero attached hydrogens (tertiary/aromatic N) is 2. The fourth-order valence-electron chi connectivity index (χ4n) is 2.49. The van der Waals surface area contributed by atoms with Gasteiger partial charge >= 0.3 is 0 Å². The molecule has 1 amide bonds. The summed E-state index contributed by atoms with van der Waals surface area (Å²) in [5.41, 5.74) is 0.831. The van der Waals surface area contributed by atoms with Crippen molar-refractivity contribution in [1.29, 1.82) is 0 Å². The summed E-state index contributed by atoms with van der Waals surface area (Å²) in [5, 5.41) is 7.05. The summed E-state index contributed by atoms with van der Waals surface area (Å²) in [6.07, 6.45) is 3.61. The van der Waals surface area contributed by atoms with Crippen LogP contribution in [0.25, 0.3) is 5.69 Å². The Labute approximate surface area is 133 Å². The molecule has 1 fully saturated rings. The van der Waals surface area contributed by atoms with E-state index in [2.05, 4.69) is 10.4 Å². The fraction of sp³-hybridized carbons (Fsp3) is 0.375. The Morgan fingerprint density at radius 3 is 2.91 bits per heavy atom. The highest BCUT2D eigenvalue weighted by molar-refractivity contribution is 5.94. The quantitative estimate of drug-likeness (QED) is 0.914. The van der Waals surface area contributed by atoms with Crippen LogP contribution < -0.4 is 10.1 Å². The van der Waals surface area contributed by atoms with E-state index in [9.17, 15) is 9.18 Å². The van der Waals surface area contributed by atoms with Gasteiger partial charge in [-0.2, -0.15) is 5.10 Å². The second kappa shape index (κ2) is 6.78. The van der Waals surface area contributed by atoms with Crippen molar-refractivity contribution in [3.63, 3.8) is 0 Å². The minimum Gasteiger partial charge on any atom is -0.493 e. The average Bonchev–Trinajstić information content (AvgIpc) is 3.22. The van der Waals surface area contributed by atoms with Gasteiger partial charge in [0.15, 0.2) is 11.4 Å². The summed E-state index contributed by atoms with van der Waals surface area (Å²) < 4.78 is 25.2. The minimum absolute atomic E-state index is 0.0594. The van der Waals surface area contributed by atoms with Crippen LogP contribution in [-0.4, -0.2) is 42.1 Å². The molecule has 6 nitrogen and oxygen atoms in total. The number of amides is 1. The first-order valence-corrected chi connectivity index (χ1v) is 7.47. The largest absolute Gasteiger partial charge is 0.493 e. The van der Waals surface area contributed by atoms with Gasteiger partial charge in [-0.05, 0) is 37.1 Å². The molecule has 122 valence electrons. The van der Waals surface area contributed by atoms with Crippen molar-refractivity contribution in [1.82, 2.24) is 15.1 Å². The Morgan fingerprint density at radius 1 is 1.48 bits per heavy atom. The molecule has 7 heteroatoms. The smallest absolute Gasteiger partial charge is 0.275 e. The average molecular weight is 319 g/mol. The Bertz CT molecular complexity index is 678. The number of carbonyl (C=O) groups excluding carboxylic acids is 1.